The highest BCUT2D eigenvalue weighted by Gasteiger charge is 2.37. The first-order chi connectivity index (χ1) is 15.2. The van der Waals surface area contributed by atoms with Gasteiger partial charge in [-0.15, -0.1) is 0 Å². The number of carbonyl (C=O) groups excluding carboxylic acids is 1. The zero-order valence-corrected chi connectivity index (χ0v) is 18.7. The van der Waals surface area contributed by atoms with Crippen molar-refractivity contribution in [3.63, 3.8) is 0 Å². The van der Waals surface area contributed by atoms with Gasteiger partial charge in [0.25, 0.3) is 0 Å². The van der Waals surface area contributed by atoms with Crippen molar-refractivity contribution in [2.75, 3.05) is 26.2 Å². The van der Waals surface area contributed by atoms with Gasteiger partial charge in [0, 0.05) is 62.9 Å². The molecule has 2 aliphatic heterocycles. The first-order valence-electron chi connectivity index (χ1n) is 11.9. The van der Waals surface area contributed by atoms with Crippen LogP contribution >= 0.6 is 0 Å². The molecule has 2 aromatic heterocycles. The summed E-state index contributed by atoms with van der Waals surface area (Å²) in [6, 6.07) is 4.42. The van der Waals surface area contributed by atoms with E-state index in [0.717, 1.165) is 58.7 Å². The molecule has 0 bridgehead atoms. The molecule has 4 rings (SSSR count). The molecule has 0 spiro atoms. The summed E-state index contributed by atoms with van der Waals surface area (Å²) < 4.78 is 1.98. The van der Waals surface area contributed by atoms with E-state index >= 15 is 0 Å². The topological polar surface area (TPSA) is 66.3 Å². The zero-order valence-electron chi connectivity index (χ0n) is 18.7. The fourth-order valence-electron chi connectivity index (χ4n) is 4.96. The molecule has 7 heteroatoms. The molecule has 0 saturated carbocycles. The Morgan fingerprint density at radius 3 is 2.71 bits per heavy atom. The van der Waals surface area contributed by atoms with Crippen LogP contribution in [-0.2, 0) is 24.4 Å². The fourth-order valence-corrected chi connectivity index (χ4v) is 4.96. The van der Waals surface area contributed by atoms with Crippen LogP contribution in [0, 0.1) is 5.92 Å². The average molecular weight is 425 g/mol. The van der Waals surface area contributed by atoms with Crippen LogP contribution in [-0.4, -0.2) is 62.7 Å². The maximum Gasteiger partial charge on any atom is 0.224 e. The normalized spacial score (nSPS) is 24.2. The summed E-state index contributed by atoms with van der Waals surface area (Å²) in [6.45, 7) is 8.50. The number of amides is 1. The van der Waals surface area contributed by atoms with Gasteiger partial charge in [-0.2, -0.15) is 5.10 Å². The van der Waals surface area contributed by atoms with Crippen LogP contribution in [0.4, 0.5) is 0 Å². The van der Waals surface area contributed by atoms with Crippen molar-refractivity contribution < 1.29 is 4.79 Å². The highest BCUT2D eigenvalue weighted by Crippen LogP contribution is 2.27. The van der Waals surface area contributed by atoms with E-state index in [1.54, 1.807) is 0 Å². The molecule has 2 atom stereocenters. The van der Waals surface area contributed by atoms with Crippen LogP contribution in [0.1, 0.15) is 50.2 Å². The molecule has 7 nitrogen and oxygen atoms in total. The third-order valence-electron chi connectivity index (χ3n) is 6.70. The number of nitrogens with one attached hydrogen (secondary N) is 1. The molecule has 0 aromatic carbocycles. The molecule has 0 aliphatic carbocycles. The molecule has 0 unspecified atom stereocenters. The summed E-state index contributed by atoms with van der Waals surface area (Å²) in [4.78, 5) is 22.3. The van der Waals surface area contributed by atoms with Crippen LogP contribution < -0.4 is 5.32 Å². The Balaban J connectivity index is 1.53. The SMILES string of the molecule is CCn1cc(CN2CC[C@H]3C(=O)NCCCCCCN(Cc4ccncc4)[C@@H]3C2)cn1. The Labute approximate surface area is 185 Å². The monoisotopic (exact) mass is 424 g/mol. The number of nitrogens with zero attached hydrogens (tertiary/aromatic N) is 5. The number of likely N-dealkylation sites (tertiary alicyclic amines) is 1. The van der Waals surface area contributed by atoms with E-state index in [2.05, 4.69) is 50.5 Å². The molecular weight excluding hydrogens is 388 g/mol. The summed E-state index contributed by atoms with van der Waals surface area (Å²) in [5.74, 6) is 0.291. The summed E-state index contributed by atoms with van der Waals surface area (Å²) in [5, 5.41) is 7.67. The van der Waals surface area contributed by atoms with Gasteiger partial charge in [0.1, 0.15) is 0 Å². The van der Waals surface area contributed by atoms with Crippen LogP contribution in [0.15, 0.2) is 36.9 Å². The number of fused-ring (bicyclic) bond motifs is 1. The number of carbonyl (C=O) groups is 1. The first kappa shape index (κ1) is 22.0. The Bertz CT molecular complexity index is 822. The van der Waals surface area contributed by atoms with E-state index in [-0.39, 0.29) is 17.9 Å². The first-order valence-corrected chi connectivity index (χ1v) is 11.9. The second-order valence-electron chi connectivity index (χ2n) is 8.93. The van der Waals surface area contributed by atoms with Crippen molar-refractivity contribution in [1.29, 1.82) is 0 Å². The van der Waals surface area contributed by atoms with Gasteiger partial charge in [-0.3, -0.25) is 24.3 Å². The van der Waals surface area contributed by atoms with Crippen LogP contribution in [0.2, 0.25) is 0 Å². The van der Waals surface area contributed by atoms with Crippen molar-refractivity contribution in [2.45, 2.75) is 64.7 Å². The molecule has 2 saturated heterocycles. The Morgan fingerprint density at radius 2 is 1.90 bits per heavy atom. The van der Waals surface area contributed by atoms with Gasteiger partial charge in [-0.1, -0.05) is 12.8 Å². The third-order valence-corrected chi connectivity index (χ3v) is 6.70. The van der Waals surface area contributed by atoms with Crippen molar-refractivity contribution in [1.82, 2.24) is 29.9 Å². The minimum absolute atomic E-state index is 0.0505. The number of aromatic nitrogens is 3. The van der Waals surface area contributed by atoms with E-state index in [4.69, 9.17) is 0 Å². The Kier molecular flexibility index (Phi) is 7.70. The largest absolute Gasteiger partial charge is 0.356 e. The smallest absolute Gasteiger partial charge is 0.224 e. The molecule has 4 heterocycles. The predicted molar refractivity (Wildman–Crippen MR) is 121 cm³/mol. The number of hydrogen-bond donors (Lipinski definition) is 1. The summed E-state index contributed by atoms with van der Waals surface area (Å²) in [6.07, 6.45) is 13.4. The second-order valence-corrected chi connectivity index (χ2v) is 8.93. The molecular formula is C24H36N6O. The number of pyridine rings is 1. The van der Waals surface area contributed by atoms with E-state index in [0.29, 0.717) is 0 Å². The molecule has 2 aromatic rings. The standard InChI is InChI=1S/C24H36N6O/c1-2-30-18-21(15-27-30)16-28-14-9-22-23(19-28)29(17-20-7-11-25-12-8-20)13-6-4-3-5-10-26-24(22)31/h7-8,11-12,15,18,22-23H,2-6,9-10,13-14,16-17,19H2,1H3,(H,26,31)/t22-,23-/m1/s1. The van der Waals surface area contributed by atoms with E-state index in [9.17, 15) is 4.79 Å². The molecule has 1 amide bonds. The molecule has 2 fully saturated rings. The Hall–Kier alpha value is -2.25. The highest BCUT2D eigenvalue weighted by atomic mass is 16.1. The van der Waals surface area contributed by atoms with E-state index in [1.807, 2.05) is 23.3 Å². The number of hydrogen-bond acceptors (Lipinski definition) is 5. The second kappa shape index (κ2) is 10.9. The van der Waals surface area contributed by atoms with E-state index in [1.165, 1.54) is 30.4 Å². The number of rotatable bonds is 5. The lowest BCUT2D eigenvalue weighted by Crippen LogP contribution is -2.56. The minimum Gasteiger partial charge on any atom is -0.356 e. The molecule has 2 aliphatic rings. The van der Waals surface area contributed by atoms with Gasteiger partial charge in [-0.25, -0.2) is 0 Å². The summed E-state index contributed by atoms with van der Waals surface area (Å²) >= 11 is 0. The van der Waals surface area contributed by atoms with Crippen molar-refractivity contribution >= 4 is 5.91 Å². The number of aryl methyl sites for hydroxylation is 1. The Morgan fingerprint density at radius 1 is 1.06 bits per heavy atom. The molecule has 1 N–H and O–H groups in total. The zero-order chi connectivity index (χ0) is 21.5. The lowest BCUT2D eigenvalue weighted by molar-refractivity contribution is -0.129. The van der Waals surface area contributed by atoms with Gasteiger partial charge >= 0.3 is 0 Å². The van der Waals surface area contributed by atoms with Crippen molar-refractivity contribution in [3.8, 4) is 0 Å². The quantitative estimate of drug-likeness (QED) is 0.799. The lowest BCUT2D eigenvalue weighted by Gasteiger charge is -2.43. The molecule has 0 radical (unpaired) electrons. The van der Waals surface area contributed by atoms with Crippen LogP contribution in [0.25, 0.3) is 0 Å². The summed E-state index contributed by atoms with van der Waals surface area (Å²) in [7, 11) is 0. The maximum atomic E-state index is 13.1. The number of piperidine rings is 1. The fraction of sp³-hybridized carbons (Fsp3) is 0.625. The molecule has 168 valence electrons. The van der Waals surface area contributed by atoms with Gasteiger partial charge in [0.15, 0.2) is 0 Å². The van der Waals surface area contributed by atoms with Crippen LogP contribution in [0.5, 0.6) is 0 Å². The van der Waals surface area contributed by atoms with Gasteiger partial charge in [-0.05, 0) is 57.0 Å². The van der Waals surface area contributed by atoms with Gasteiger partial charge < -0.3 is 5.32 Å². The van der Waals surface area contributed by atoms with Crippen molar-refractivity contribution in [3.05, 3.63) is 48.0 Å². The molecule has 31 heavy (non-hydrogen) atoms. The predicted octanol–water partition coefficient (Wildman–Crippen LogP) is 2.68. The van der Waals surface area contributed by atoms with Crippen LogP contribution in [0.3, 0.4) is 0 Å². The highest BCUT2D eigenvalue weighted by molar-refractivity contribution is 5.79. The van der Waals surface area contributed by atoms with Crippen molar-refractivity contribution in [2.24, 2.45) is 5.92 Å². The summed E-state index contributed by atoms with van der Waals surface area (Å²) in [5.41, 5.74) is 2.52. The minimum atomic E-state index is 0.0505. The lowest BCUT2D eigenvalue weighted by atomic mass is 9.88. The van der Waals surface area contributed by atoms with Gasteiger partial charge in [0.05, 0.1) is 12.1 Å². The third kappa shape index (κ3) is 5.92. The average Bonchev–Trinajstić information content (AvgIpc) is 3.24. The van der Waals surface area contributed by atoms with Gasteiger partial charge in [0.2, 0.25) is 5.91 Å². The van der Waals surface area contributed by atoms with E-state index < -0.39 is 0 Å². The maximum absolute atomic E-state index is 13.1.